The molecule has 1 aromatic heterocycles. The number of carbonyl (C=O) groups excluding carboxylic acids is 2. The van der Waals surface area contributed by atoms with Crippen LogP contribution in [0.25, 0.3) is 11.0 Å². The van der Waals surface area contributed by atoms with Crippen LogP contribution >= 0.6 is 0 Å². The first kappa shape index (κ1) is 18.1. The highest BCUT2D eigenvalue weighted by molar-refractivity contribution is 5.78. The van der Waals surface area contributed by atoms with E-state index in [0.717, 1.165) is 16.7 Å². The number of fused-ring (bicyclic) bond motifs is 1. The first-order valence-electron chi connectivity index (χ1n) is 9.04. The van der Waals surface area contributed by atoms with Gasteiger partial charge in [0.25, 0.3) is 0 Å². The Kier molecular flexibility index (Phi) is 5.65. The molecule has 1 aromatic carbocycles. The van der Waals surface area contributed by atoms with E-state index in [1.54, 1.807) is 11.8 Å². The molecule has 26 heavy (non-hydrogen) atoms. The summed E-state index contributed by atoms with van der Waals surface area (Å²) in [5, 5.41) is 6.90. The van der Waals surface area contributed by atoms with Crippen LogP contribution in [0.15, 0.2) is 34.7 Å². The molecule has 1 aliphatic heterocycles. The van der Waals surface area contributed by atoms with Crippen molar-refractivity contribution in [1.29, 1.82) is 0 Å². The molecule has 0 saturated carbocycles. The molecule has 3 amide bonds. The van der Waals surface area contributed by atoms with Gasteiger partial charge in [-0.05, 0) is 38.8 Å². The van der Waals surface area contributed by atoms with Crippen LogP contribution in [0.2, 0.25) is 0 Å². The summed E-state index contributed by atoms with van der Waals surface area (Å²) in [5.41, 5.74) is 0.808. The average Bonchev–Trinajstić information content (AvgIpc) is 3.07. The van der Waals surface area contributed by atoms with Crippen molar-refractivity contribution in [3.63, 3.8) is 0 Å². The maximum Gasteiger partial charge on any atom is 0.409 e. The topological polar surface area (TPSA) is 83.8 Å². The number of amides is 3. The van der Waals surface area contributed by atoms with Gasteiger partial charge >= 0.3 is 12.1 Å². The fourth-order valence-corrected chi connectivity index (χ4v) is 3.13. The Bertz CT molecular complexity index is 732. The molecule has 1 saturated heterocycles. The number of likely N-dealkylation sites (tertiary alicyclic amines) is 1. The Morgan fingerprint density at radius 2 is 2.04 bits per heavy atom. The molecular weight excluding hydrogens is 334 g/mol. The molecule has 0 radical (unpaired) electrons. The van der Waals surface area contributed by atoms with Crippen LogP contribution in [-0.4, -0.2) is 42.8 Å². The summed E-state index contributed by atoms with van der Waals surface area (Å²) in [6.07, 6.45) is 1.14. The number of nitrogens with zero attached hydrogens (tertiary/aromatic N) is 1. The second kappa shape index (κ2) is 8.12. The van der Waals surface area contributed by atoms with Gasteiger partial charge in [0.1, 0.15) is 11.3 Å². The van der Waals surface area contributed by atoms with E-state index in [9.17, 15) is 9.59 Å². The van der Waals surface area contributed by atoms with Gasteiger partial charge in [-0.3, -0.25) is 0 Å². The number of ether oxygens (including phenoxy) is 1. The summed E-state index contributed by atoms with van der Waals surface area (Å²) in [7, 11) is 0. The number of rotatable bonds is 4. The monoisotopic (exact) mass is 359 g/mol. The van der Waals surface area contributed by atoms with Crippen LogP contribution in [0.5, 0.6) is 0 Å². The van der Waals surface area contributed by atoms with Crippen molar-refractivity contribution < 1.29 is 18.7 Å². The van der Waals surface area contributed by atoms with Crippen LogP contribution < -0.4 is 10.6 Å². The van der Waals surface area contributed by atoms with Crippen LogP contribution in [0.1, 0.15) is 38.5 Å². The average molecular weight is 359 g/mol. The first-order chi connectivity index (χ1) is 12.6. The smallest absolute Gasteiger partial charge is 0.409 e. The summed E-state index contributed by atoms with van der Waals surface area (Å²) in [5.74, 6) is 0.721. The number of hydrogen-bond acceptors (Lipinski definition) is 4. The largest absolute Gasteiger partial charge is 0.459 e. The van der Waals surface area contributed by atoms with Crippen LogP contribution in [-0.2, 0) is 4.74 Å². The third-order valence-electron chi connectivity index (χ3n) is 4.58. The summed E-state index contributed by atoms with van der Waals surface area (Å²) < 4.78 is 10.8. The zero-order valence-electron chi connectivity index (χ0n) is 15.2. The van der Waals surface area contributed by atoms with E-state index >= 15 is 0 Å². The Hall–Kier alpha value is -2.70. The molecule has 1 atom stereocenters. The van der Waals surface area contributed by atoms with Gasteiger partial charge in [-0.2, -0.15) is 0 Å². The highest BCUT2D eigenvalue weighted by Gasteiger charge is 2.25. The molecule has 0 bridgehead atoms. The van der Waals surface area contributed by atoms with Gasteiger partial charge in [-0.25, -0.2) is 9.59 Å². The zero-order chi connectivity index (χ0) is 18.5. The van der Waals surface area contributed by atoms with Gasteiger partial charge in [0, 0.05) is 24.5 Å². The van der Waals surface area contributed by atoms with Gasteiger partial charge in [0.05, 0.1) is 12.6 Å². The Morgan fingerprint density at radius 1 is 1.31 bits per heavy atom. The minimum absolute atomic E-state index is 0.0450. The van der Waals surface area contributed by atoms with Crippen molar-refractivity contribution >= 4 is 23.1 Å². The first-order valence-corrected chi connectivity index (χ1v) is 9.04. The number of para-hydroxylation sites is 1. The molecule has 1 aliphatic rings. The maximum atomic E-state index is 12.3. The molecule has 140 valence electrons. The van der Waals surface area contributed by atoms with Crippen molar-refractivity contribution in [3.05, 3.63) is 36.1 Å². The van der Waals surface area contributed by atoms with Crippen molar-refractivity contribution in [1.82, 2.24) is 15.5 Å². The van der Waals surface area contributed by atoms with E-state index in [1.165, 1.54) is 0 Å². The second-order valence-electron chi connectivity index (χ2n) is 6.49. The number of nitrogens with one attached hydrogen (secondary N) is 2. The van der Waals surface area contributed by atoms with E-state index in [-0.39, 0.29) is 24.2 Å². The quantitative estimate of drug-likeness (QED) is 0.876. The van der Waals surface area contributed by atoms with Gasteiger partial charge in [-0.15, -0.1) is 0 Å². The lowest BCUT2D eigenvalue weighted by molar-refractivity contribution is 0.0957. The van der Waals surface area contributed by atoms with E-state index < -0.39 is 0 Å². The van der Waals surface area contributed by atoms with Crippen LogP contribution in [0, 0.1) is 0 Å². The SMILES string of the molecule is CCOC(=O)N1CCC(NC(=O)NC(C)c2cc3ccccc3o2)CC1. The van der Waals surface area contributed by atoms with Crippen molar-refractivity contribution in [2.75, 3.05) is 19.7 Å². The molecule has 2 N–H and O–H groups in total. The minimum Gasteiger partial charge on any atom is -0.459 e. The highest BCUT2D eigenvalue weighted by Crippen LogP contribution is 2.23. The predicted octanol–water partition coefficient (Wildman–Crippen LogP) is 3.41. The van der Waals surface area contributed by atoms with Crippen molar-refractivity contribution in [2.45, 2.75) is 38.8 Å². The number of hydrogen-bond donors (Lipinski definition) is 2. The van der Waals surface area contributed by atoms with Crippen LogP contribution in [0.4, 0.5) is 9.59 Å². The molecule has 1 fully saturated rings. The predicted molar refractivity (Wildman–Crippen MR) is 97.9 cm³/mol. The van der Waals surface area contributed by atoms with Gasteiger partial charge in [0.15, 0.2) is 0 Å². The molecule has 2 heterocycles. The van der Waals surface area contributed by atoms with Crippen molar-refractivity contribution in [2.24, 2.45) is 0 Å². The van der Waals surface area contributed by atoms with E-state index in [0.29, 0.717) is 32.5 Å². The summed E-state index contributed by atoms with van der Waals surface area (Å²) in [6, 6.07) is 9.28. The normalized spacial score (nSPS) is 16.3. The standard InChI is InChI=1S/C19H25N3O4/c1-3-25-19(24)22-10-8-15(9-11-22)21-18(23)20-13(2)17-12-14-6-4-5-7-16(14)26-17/h4-7,12-13,15H,3,8-11H2,1-2H3,(H2,20,21,23). The number of carbonyl (C=O) groups is 2. The number of urea groups is 1. The molecule has 2 aromatic rings. The molecule has 7 heteroatoms. The van der Waals surface area contributed by atoms with Crippen molar-refractivity contribution in [3.8, 4) is 0 Å². The lowest BCUT2D eigenvalue weighted by atomic mass is 10.1. The fraction of sp³-hybridized carbons (Fsp3) is 0.474. The van der Waals surface area contributed by atoms with E-state index in [4.69, 9.17) is 9.15 Å². The Morgan fingerprint density at radius 3 is 2.73 bits per heavy atom. The second-order valence-corrected chi connectivity index (χ2v) is 6.49. The fourth-order valence-electron chi connectivity index (χ4n) is 3.13. The molecule has 3 rings (SSSR count). The van der Waals surface area contributed by atoms with Gasteiger partial charge < -0.3 is 24.7 Å². The van der Waals surface area contributed by atoms with E-state index in [1.807, 2.05) is 37.3 Å². The van der Waals surface area contributed by atoms with Crippen LogP contribution in [0.3, 0.4) is 0 Å². The third-order valence-corrected chi connectivity index (χ3v) is 4.58. The molecule has 0 aliphatic carbocycles. The lowest BCUT2D eigenvalue weighted by Gasteiger charge is -2.31. The molecule has 1 unspecified atom stereocenters. The van der Waals surface area contributed by atoms with Gasteiger partial charge in [0.2, 0.25) is 0 Å². The Labute approximate surface area is 152 Å². The summed E-state index contributed by atoms with van der Waals surface area (Å²) in [4.78, 5) is 25.6. The summed E-state index contributed by atoms with van der Waals surface area (Å²) >= 11 is 0. The van der Waals surface area contributed by atoms with E-state index in [2.05, 4.69) is 10.6 Å². The zero-order valence-corrected chi connectivity index (χ0v) is 15.2. The maximum absolute atomic E-state index is 12.3. The summed E-state index contributed by atoms with van der Waals surface area (Å²) in [6.45, 7) is 5.23. The molecule has 0 spiro atoms. The number of furan rings is 1. The third kappa shape index (κ3) is 4.28. The highest BCUT2D eigenvalue weighted by atomic mass is 16.6. The number of piperidine rings is 1. The van der Waals surface area contributed by atoms with Gasteiger partial charge in [-0.1, -0.05) is 18.2 Å². The minimum atomic E-state index is -0.283. The number of benzene rings is 1. The lowest BCUT2D eigenvalue weighted by Crippen LogP contribution is -2.49. The Balaban J connectivity index is 1.47. The molecular formula is C19H25N3O4. The molecule has 7 nitrogen and oxygen atoms in total.